The molecule has 2 N–H and O–H groups in total. The summed E-state index contributed by atoms with van der Waals surface area (Å²) in [6.45, 7) is 5.30. The van der Waals surface area contributed by atoms with Crippen molar-refractivity contribution in [1.29, 1.82) is 0 Å². The van der Waals surface area contributed by atoms with Gasteiger partial charge in [0.25, 0.3) is 0 Å². The average molecular weight is 239 g/mol. The predicted octanol–water partition coefficient (Wildman–Crippen LogP) is 1.21. The second-order valence-electron chi connectivity index (χ2n) is 4.53. The Morgan fingerprint density at radius 1 is 1.62 bits per heavy atom. The van der Waals surface area contributed by atoms with Gasteiger partial charge in [-0.05, 0) is 24.9 Å². The molecule has 1 unspecified atom stereocenters. The lowest BCUT2D eigenvalue weighted by Crippen LogP contribution is -2.37. The standard InChI is InChI=1S/C12H21N3S/c1-14(7-5-13)11-4-6-15(9-11)10-12-3-2-8-16-12/h2-3,8,11H,4-7,9-10,13H2,1H3. The Labute approximate surface area is 102 Å². The number of nitrogens with zero attached hydrogens (tertiary/aromatic N) is 2. The minimum absolute atomic E-state index is 0.698. The van der Waals surface area contributed by atoms with E-state index in [1.807, 2.05) is 11.3 Å². The van der Waals surface area contributed by atoms with Gasteiger partial charge in [0.1, 0.15) is 0 Å². The van der Waals surface area contributed by atoms with E-state index < -0.39 is 0 Å². The lowest BCUT2D eigenvalue weighted by atomic mass is 10.2. The molecule has 90 valence electrons. The summed E-state index contributed by atoms with van der Waals surface area (Å²) in [5.74, 6) is 0. The Bertz CT molecular complexity index is 299. The summed E-state index contributed by atoms with van der Waals surface area (Å²) >= 11 is 1.85. The van der Waals surface area contributed by atoms with Crippen LogP contribution in [0.25, 0.3) is 0 Å². The molecule has 0 bridgehead atoms. The number of likely N-dealkylation sites (N-methyl/N-ethyl adjacent to an activating group) is 1. The van der Waals surface area contributed by atoms with Crippen LogP contribution in [0.15, 0.2) is 17.5 Å². The molecule has 0 saturated carbocycles. The third kappa shape index (κ3) is 3.04. The molecule has 1 aromatic rings. The highest BCUT2D eigenvalue weighted by Gasteiger charge is 2.25. The van der Waals surface area contributed by atoms with Crippen molar-refractivity contribution < 1.29 is 0 Å². The third-order valence-corrected chi connectivity index (χ3v) is 4.17. The van der Waals surface area contributed by atoms with Crippen LogP contribution in [0.5, 0.6) is 0 Å². The molecule has 1 aromatic heterocycles. The molecule has 2 rings (SSSR count). The van der Waals surface area contributed by atoms with Gasteiger partial charge in [0.2, 0.25) is 0 Å². The minimum atomic E-state index is 0.698. The highest BCUT2D eigenvalue weighted by Crippen LogP contribution is 2.19. The molecule has 1 atom stereocenters. The summed E-state index contributed by atoms with van der Waals surface area (Å²) in [4.78, 5) is 6.42. The fourth-order valence-corrected chi connectivity index (χ4v) is 3.07. The zero-order chi connectivity index (χ0) is 11.4. The van der Waals surface area contributed by atoms with Gasteiger partial charge in [0.05, 0.1) is 0 Å². The average Bonchev–Trinajstić information content (AvgIpc) is 2.90. The Kier molecular flexibility index (Phi) is 4.35. The Morgan fingerprint density at radius 2 is 2.50 bits per heavy atom. The second-order valence-corrected chi connectivity index (χ2v) is 5.56. The van der Waals surface area contributed by atoms with E-state index in [4.69, 9.17) is 5.73 Å². The van der Waals surface area contributed by atoms with E-state index in [1.165, 1.54) is 24.4 Å². The molecule has 4 heteroatoms. The molecule has 3 nitrogen and oxygen atoms in total. The van der Waals surface area contributed by atoms with E-state index in [9.17, 15) is 0 Å². The summed E-state index contributed by atoms with van der Waals surface area (Å²) in [6.07, 6.45) is 1.28. The van der Waals surface area contributed by atoms with Gasteiger partial charge >= 0.3 is 0 Å². The van der Waals surface area contributed by atoms with E-state index in [-0.39, 0.29) is 0 Å². The van der Waals surface area contributed by atoms with Crippen LogP contribution in [-0.4, -0.2) is 49.1 Å². The number of hydrogen-bond donors (Lipinski definition) is 1. The van der Waals surface area contributed by atoms with Crippen molar-refractivity contribution in [3.8, 4) is 0 Å². The van der Waals surface area contributed by atoms with E-state index in [0.29, 0.717) is 6.04 Å². The smallest absolute Gasteiger partial charge is 0.0328 e. The molecular formula is C12H21N3S. The first-order valence-electron chi connectivity index (χ1n) is 5.94. The molecule has 1 fully saturated rings. The van der Waals surface area contributed by atoms with Crippen LogP contribution < -0.4 is 5.73 Å². The van der Waals surface area contributed by atoms with Gasteiger partial charge in [-0.25, -0.2) is 0 Å². The third-order valence-electron chi connectivity index (χ3n) is 3.31. The van der Waals surface area contributed by atoms with Crippen LogP contribution in [-0.2, 0) is 6.54 Å². The first kappa shape index (κ1) is 12.0. The molecule has 0 spiro atoms. The summed E-state index contributed by atoms with van der Waals surface area (Å²) < 4.78 is 0. The lowest BCUT2D eigenvalue weighted by Gasteiger charge is -2.23. The minimum Gasteiger partial charge on any atom is -0.329 e. The summed E-state index contributed by atoms with van der Waals surface area (Å²) in [6, 6.07) is 5.05. The normalized spacial score (nSPS) is 22.1. The Balaban J connectivity index is 1.79. The van der Waals surface area contributed by atoms with Crippen LogP contribution in [0, 0.1) is 0 Å². The van der Waals surface area contributed by atoms with Crippen molar-refractivity contribution in [2.45, 2.75) is 19.0 Å². The highest BCUT2D eigenvalue weighted by molar-refractivity contribution is 7.09. The molecule has 16 heavy (non-hydrogen) atoms. The zero-order valence-electron chi connectivity index (χ0n) is 9.93. The molecule has 0 amide bonds. The van der Waals surface area contributed by atoms with Crippen LogP contribution >= 0.6 is 11.3 Å². The van der Waals surface area contributed by atoms with Crippen molar-refractivity contribution in [3.05, 3.63) is 22.4 Å². The van der Waals surface area contributed by atoms with E-state index in [0.717, 1.165) is 19.6 Å². The van der Waals surface area contributed by atoms with Gasteiger partial charge in [0, 0.05) is 43.6 Å². The largest absolute Gasteiger partial charge is 0.329 e. The molecular weight excluding hydrogens is 218 g/mol. The topological polar surface area (TPSA) is 32.5 Å². The van der Waals surface area contributed by atoms with Crippen molar-refractivity contribution >= 4 is 11.3 Å². The Hall–Kier alpha value is -0.420. The molecule has 0 aliphatic carbocycles. The van der Waals surface area contributed by atoms with E-state index >= 15 is 0 Å². The van der Waals surface area contributed by atoms with Gasteiger partial charge < -0.3 is 10.6 Å². The van der Waals surface area contributed by atoms with E-state index in [2.05, 4.69) is 34.4 Å². The number of likely N-dealkylation sites (tertiary alicyclic amines) is 1. The van der Waals surface area contributed by atoms with E-state index in [1.54, 1.807) is 0 Å². The van der Waals surface area contributed by atoms with Gasteiger partial charge in [-0.3, -0.25) is 4.90 Å². The van der Waals surface area contributed by atoms with Crippen LogP contribution in [0.2, 0.25) is 0 Å². The van der Waals surface area contributed by atoms with Gasteiger partial charge in [-0.1, -0.05) is 6.07 Å². The first-order chi connectivity index (χ1) is 7.79. The van der Waals surface area contributed by atoms with Crippen molar-refractivity contribution in [2.75, 3.05) is 33.2 Å². The number of hydrogen-bond acceptors (Lipinski definition) is 4. The maximum absolute atomic E-state index is 5.59. The van der Waals surface area contributed by atoms with Crippen molar-refractivity contribution in [3.63, 3.8) is 0 Å². The number of rotatable bonds is 5. The van der Waals surface area contributed by atoms with Crippen LogP contribution in [0.3, 0.4) is 0 Å². The molecule has 1 aliphatic heterocycles. The predicted molar refractivity (Wildman–Crippen MR) is 69.7 cm³/mol. The summed E-state index contributed by atoms with van der Waals surface area (Å²) in [5.41, 5.74) is 5.59. The van der Waals surface area contributed by atoms with Gasteiger partial charge in [-0.2, -0.15) is 0 Å². The number of nitrogens with two attached hydrogens (primary N) is 1. The van der Waals surface area contributed by atoms with Crippen LogP contribution in [0.4, 0.5) is 0 Å². The maximum atomic E-state index is 5.59. The van der Waals surface area contributed by atoms with Crippen molar-refractivity contribution in [2.24, 2.45) is 5.73 Å². The Morgan fingerprint density at radius 3 is 3.19 bits per heavy atom. The summed E-state index contributed by atoms with van der Waals surface area (Å²) in [7, 11) is 2.19. The monoisotopic (exact) mass is 239 g/mol. The quantitative estimate of drug-likeness (QED) is 0.838. The molecule has 0 aromatic carbocycles. The fraction of sp³-hybridized carbons (Fsp3) is 0.667. The van der Waals surface area contributed by atoms with Crippen molar-refractivity contribution in [1.82, 2.24) is 9.80 Å². The van der Waals surface area contributed by atoms with Crippen LogP contribution in [0.1, 0.15) is 11.3 Å². The SMILES string of the molecule is CN(CCN)C1CCN(Cc2cccs2)C1. The number of thiophene rings is 1. The zero-order valence-corrected chi connectivity index (χ0v) is 10.7. The maximum Gasteiger partial charge on any atom is 0.0328 e. The molecule has 1 saturated heterocycles. The highest BCUT2D eigenvalue weighted by atomic mass is 32.1. The molecule has 2 heterocycles. The molecule has 1 aliphatic rings. The lowest BCUT2D eigenvalue weighted by molar-refractivity contribution is 0.235. The first-order valence-corrected chi connectivity index (χ1v) is 6.82. The second kappa shape index (κ2) is 5.77. The van der Waals surface area contributed by atoms with Gasteiger partial charge in [-0.15, -0.1) is 11.3 Å². The molecule has 0 radical (unpaired) electrons. The fourth-order valence-electron chi connectivity index (χ4n) is 2.32. The van der Waals surface area contributed by atoms with Gasteiger partial charge in [0.15, 0.2) is 0 Å². The summed E-state index contributed by atoms with van der Waals surface area (Å²) in [5, 5.41) is 2.16.